The molecule has 110 valence electrons. The molecular formula is C14H15ClN4O2. The highest BCUT2D eigenvalue weighted by Gasteiger charge is 2.05. The van der Waals surface area contributed by atoms with Gasteiger partial charge >= 0.3 is 6.03 Å². The zero-order valence-corrected chi connectivity index (χ0v) is 12.2. The average molecular weight is 307 g/mol. The second-order valence-corrected chi connectivity index (χ2v) is 4.84. The average Bonchev–Trinajstić information content (AvgIpc) is 2.46. The number of urea groups is 1. The van der Waals surface area contributed by atoms with Gasteiger partial charge in [0.1, 0.15) is 0 Å². The summed E-state index contributed by atoms with van der Waals surface area (Å²) in [6.07, 6.45) is 2.96. The van der Waals surface area contributed by atoms with E-state index in [1.165, 1.54) is 17.1 Å². The van der Waals surface area contributed by atoms with Crippen LogP contribution in [0, 0.1) is 6.92 Å². The van der Waals surface area contributed by atoms with Crippen LogP contribution < -0.4 is 16.2 Å². The van der Waals surface area contributed by atoms with Gasteiger partial charge in [0.05, 0.1) is 17.0 Å². The van der Waals surface area contributed by atoms with Crippen molar-refractivity contribution >= 4 is 23.3 Å². The first kappa shape index (κ1) is 15.1. The molecule has 2 aromatic rings. The number of rotatable bonds is 4. The van der Waals surface area contributed by atoms with Crippen molar-refractivity contribution in [2.75, 3.05) is 11.9 Å². The fraction of sp³-hybridized carbons (Fsp3) is 0.214. The van der Waals surface area contributed by atoms with E-state index < -0.39 is 0 Å². The Kier molecular flexibility index (Phi) is 4.94. The number of amides is 2. The van der Waals surface area contributed by atoms with Crippen LogP contribution in [-0.4, -0.2) is 22.1 Å². The lowest BCUT2D eigenvalue weighted by atomic mass is 10.3. The minimum absolute atomic E-state index is 0.113. The van der Waals surface area contributed by atoms with E-state index in [-0.39, 0.29) is 11.6 Å². The molecule has 1 heterocycles. The molecule has 0 bridgehead atoms. The molecule has 2 amide bonds. The van der Waals surface area contributed by atoms with Gasteiger partial charge in [0.15, 0.2) is 0 Å². The van der Waals surface area contributed by atoms with Gasteiger partial charge in [0.2, 0.25) is 0 Å². The Balaban J connectivity index is 1.86. The van der Waals surface area contributed by atoms with Crippen molar-refractivity contribution in [3.63, 3.8) is 0 Å². The maximum Gasteiger partial charge on any atom is 0.319 e. The molecule has 0 aliphatic rings. The summed E-state index contributed by atoms with van der Waals surface area (Å²) in [6, 6.07) is 6.57. The van der Waals surface area contributed by atoms with Gasteiger partial charge in [-0.3, -0.25) is 9.36 Å². The van der Waals surface area contributed by atoms with Crippen LogP contribution in [0.4, 0.5) is 10.5 Å². The topological polar surface area (TPSA) is 76.0 Å². The number of aryl methyl sites for hydroxylation is 1. The third-order valence-electron chi connectivity index (χ3n) is 2.83. The third kappa shape index (κ3) is 4.06. The van der Waals surface area contributed by atoms with Crippen molar-refractivity contribution in [1.82, 2.24) is 14.9 Å². The molecule has 7 heteroatoms. The largest absolute Gasteiger partial charge is 0.336 e. The van der Waals surface area contributed by atoms with Gasteiger partial charge in [-0.05, 0) is 19.1 Å². The first-order valence-electron chi connectivity index (χ1n) is 6.38. The van der Waals surface area contributed by atoms with Crippen LogP contribution in [0.1, 0.15) is 5.56 Å². The van der Waals surface area contributed by atoms with Crippen LogP contribution in [-0.2, 0) is 6.54 Å². The summed E-state index contributed by atoms with van der Waals surface area (Å²) in [7, 11) is 0. The molecule has 21 heavy (non-hydrogen) atoms. The molecule has 0 aliphatic heterocycles. The summed E-state index contributed by atoms with van der Waals surface area (Å²) in [6.45, 7) is 2.36. The van der Waals surface area contributed by atoms with Gasteiger partial charge in [-0.2, -0.15) is 0 Å². The van der Waals surface area contributed by atoms with Crippen molar-refractivity contribution in [2.24, 2.45) is 0 Å². The maximum absolute atomic E-state index is 11.8. The Morgan fingerprint density at radius 1 is 1.38 bits per heavy atom. The standard InChI is InChI=1S/C14H15ClN4O2/c1-10-8-16-9-19(13(10)20)7-6-17-14(21)18-12-5-3-2-4-11(12)15/h2-5,8-9H,6-7H2,1H3,(H2,17,18,21). The van der Waals surface area contributed by atoms with E-state index in [1.54, 1.807) is 31.2 Å². The lowest BCUT2D eigenvalue weighted by Crippen LogP contribution is -2.34. The van der Waals surface area contributed by atoms with E-state index in [1.807, 2.05) is 0 Å². The molecule has 0 saturated carbocycles. The fourth-order valence-electron chi connectivity index (χ4n) is 1.74. The lowest BCUT2D eigenvalue weighted by Gasteiger charge is -2.10. The molecule has 0 atom stereocenters. The number of hydrogen-bond acceptors (Lipinski definition) is 3. The molecule has 2 rings (SSSR count). The van der Waals surface area contributed by atoms with E-state index in [9.17, 15) is 9.59 Å². The third-order valence-corrected chi connectivity index (χ3v) is 3.16. The van der Waals surface area contributed by atoms with Gasteiger partial charge in [-0.15, -0.1) is 0 Å². The van der Waals surface area contributed by atoms with Crippen LogP contribution >= 0.6 is 11.6 Å². The van der Waals surface area contributed by atoms with Gasteiger partial charge in [0, 0.05) is 24.8 Å². The number of benzene rings is 1. The molecule has 1 aromatic heterocycles. The van der Waals surface area contributed by atoms with Crippen molar-refractivity contribution in [3.05, 3.63) is 57.7 Å². The molecule has 6 nitrogen and oxygen atoms in total. The number of hydrogen-bond donors (Lipinski definition) is 2. The number of carbonyl (C=O) groups excluding carboxylic acids is 1. The quantitative estimate of drug-likeness (QED) is 0.907. The van der Waals surface area contributed by atoms with E-state index in [0.29, 0.717) is 29.4 Å². The van der Waals surface area contributed by atoms with Crippen molar-refractivity contribution in [1.29, 1.82) is 0 Å². The van der Waals surface area contributed by atoms with Crippen LogP contribution in [0.2, 0.25) is 5.02 Å². The predicted octanol–water partition coefficient (Wildman–Crippen LogP) is 2.03. The summed E-state index contributed by atoms with van der Waals surface area (Å²) < 4.78 is 1.45. The fourth-order valence-corrected chi connectivity index (χ4v) is 1.92. The van der Waals surface area contributed by atoms with E-state index >= 15 is 0 Å². The molecule has 0 fully saturated rings. The Morgan fingerprint density at radius 3 is 2.90 bits per heavy atom. The first-order chi connectivity index (χ1) is 10.1. The Labute approximate surface area is 126 Å². The SMILES string of the molecule is Cc1cncn(CCNC(=O)Nc2ccccc2Cl)c1=O. The highest BCUT2D eigenvalue weighted by atomic mass is 35.5. The van der Waals surface area contributed by atoms with Crippen LogP contribution in [0.15, 0.2) is 41.6 Å². The Morgan fingerprint density at radius 2 is 2.14 bits per heavy atom. The second kappa shape index (κ2) is 6.90. The highest BCUT2D eigenvalue weighted by molar-refractivity contribution is 6.33. The number of carbonyl (C=O) groups is 1. The monoisotopic (exact) mass is 306 g/mol. The first-order valence-corrected chi connectivity index (χ1v) is 6.76. The molecule has 0 spiro atoms. The van der Waals surface area contributed by atoms with Gasteiger partial charge < -0.3 is 10.6 Å². The highest BCUT2D eigenvalue weighted by Crippen LogP contribution is 2.19. The van der Waals surface area contributed by atoms with E-state index in [4.69, 9.17) is 11.6 Å². The molecule has 0 radical (unpaired) electrons. The van der Waals surface area contributed by atoms with Gasteiger partial charge in [-0.25, -0.2) is 9.78 Å². The Bertz CT molecular complexity index is 699. The van der Waals surface area contributed by atoms with Gasteiger partial charge in [0.25, 0.3) is 5.56 Å². The van der Waals surface area contributed by atoms with E-state index in [0.717, 1.165) is 0 Å². The minimum atomic E-state index is -0.378. The zero-order chi connectivity index (χ0) is 15.2. The van der Waals surface area contributed by atoms with Gasteiger partial charge in [-0.1, -0.05) is 23.7 Å². The minimum Gasteiger partial charge on any atom is -0.336 e. The summed E-state index contributed by atoms with van der Waals surface area (Å²) in [5, 5.41) is 5.76. The molecular weight excluding hydrogens is 292 g/mol. The molecule has 1 aromatic carbocycles. The normalized spacial score (nSPS) is 10.2. The summed E-state index contributed by atoms with van der Waals surface area (Å²) in [5.74, 6) is 0. The zero-order valence-electron chi connectivity index (χ0n) is 11.5. The molecule has 0 aliphatic carbocycles. The van der Waals surface area contributed by atoms with Crippen LogP contribution in [0.25, 0.3) is 0 Å². The van der Waals surface area contributed by atoms with Crippen molar-refractivity contribution in [3.8, 4) is 0 Å². The van der Waals surface area contributed by atoms with E-state index in [2.05, 4.69) is 15.6 Å². The molecule has 0 saturated heterocycles. The van der Waals surface area contributed by atoms with Crippen LogP contribution in [0.5, 0.6) is 0 Å². The number of aromatic nitrogens is 2. The summed E-state index contributed by atoms with van der Waals surface area (Å²) in [4.78, 5) is 27.4. The molecule has 0 unspecified atom stereocenters. The number of nitrogens with one attached hydrogen (secondary N) is 2. The number of anilines is 1. The van der Waals surface area contributed by atoms with Crippen LogP contribution in [0.3, 0.4) is 0 Å². The lowest BCUT2D eigenvalue weighted by molar-refractivity contribution is 0.251. The second-order valence-electron chi connectivity index (χ2n) is 4.44. The summed E-state index contributed by atoms with van der Waals surface area (Å²) >= 11 is 5.94. The van der Waals surface area contributed by atoms with Crippen molar-refractivity contribution in [2.45, 2.75) is 13.5 Å². The number of nitrogens with zero attached hydrogens (tertiary/aromatic N) is 2. The van der Waals surface area contributed by atoms with Crippen molar-refractivity contribution < 1.29 is 4.79 Å². The maximum atomic E-state index is 11.8. The smallest absolute Gasteiger partial charge is 0.319 e. The summed E-state index contributed by atoms with van der Waals surface area (Å²) in [5.41, 5.74) is 0.988. The Hall–Kier alpha value is -2.34. The predicted molar refractivity (Wildman–Crippen MR) is 81.7 cm³/mol. The molecule has 2 N–H and O–H groups in total. The number of halogens is 1. The number of para-hydroxylation sites is 1.